The Morgan fingerprint density at radius 3 is 2.84 bits per heavy atom. The van der Waals surface area contributed by atoms with Crippen molar-refractivity contribution in [2.75, 3.05) is 6.61 Å². The predicted molar refractivity (Wildman–Crippen MR) is 72.5 cm³/mol. The molecule has 0 aliphatic heterocycles. The smallest absolute Gasteiger partial charge is 0.305 e. The number of hydrogen-bond donors (Lipinski definition) is 1. The first-order valence-electron chi connectivity index (χ1n) is 6.70. The van der Waals surface area contributed by atoms with Crippen molar-refractivity contribution in [3.05, 3.63) is 11.9 Å². The van der Waals surface area contributed by atoms with Crippen LogP contribution in [0.2, 0.25) is 0 Å². The van der Waals surface area contributed by atoms with Crippen LogP contribution in [0.5, 0.6) is 0 Å². The zero-order chi connectivity index (χ0) is 14.3. The molecule has 0 aliphatic carbocycles. The third-order valence-corrected chi connectivity index (χ3v) is 2.47. The Bertz CT molecular complexity index is 396. The van der Waals surface area contributed by atoms with Gasteiger partial charge in [-0.1, -0.05) is 12.1 Å². The second-order valence-corrected chi connectivity index (χ2v) is 5.50. The second kappa shape index (κ2) is 7.23. The first-order valence-corrected chi connectivity index (χ1v) is 6.70. The summed E-state index contributed by atoms with van der Waals surface area (Å²) >= 11 is 0. The van der Waals surface area contributed by atoms with Crippen molar-refractivity contribution in [3.63, 3.8) is 0 Å². The summed E-state index contributed by atoms with van der Waals surface area (Å²) in [4.78, 5) is 10.9. The zero-order valence-corrected chi connectivity index (χ0v) is 12.3. The van der Waals surface area contributed by atoms with E-state index in [0.29, 0.717) is 26.1 Å². The van der Waals surface area contributed by atoms with Crippen molar-refractivity contribution in [2.45, 2.75) is 59.2 Å². The van der Waals surface area contributed by atoms with Crippen molar-refractivity contribution in [1.82, 2.24) is 20.3 Å². The van der Waals surface area contributed by atoms with Crippen LogP contribution in [0.1, 0.15) is 46.2 Å². The highest BCUT2D eigenvalue weighted by Gasteiger charge is 2.10. The quantitative estimate of drug-likeness (QED) is 0.599. The summed E-state index contributed by atoms with van der Waals surface area (Å²) in [5, 5.41) is 11.5. The third kappa shape index (κ3) is 6.91. The number of aromatic nitrogens is 3. The van der Waals surface area contributed by atoms with Crippen LogP contribution in [0.3, 0.4) is 0 Å². The fraction of sp³-hybridized carbons (Fsp3) is 0.769. The van der Waals surface area contributed by atoms with Gasteiger partial charge in [-0.2, -0.15) is 0 Å². The van der Waals surface area contributed by atoms with Crippen LogP contribution in [-0.4, -0.2) is 33.1 Å². The van der Waals surface area contributed by atoms with E-state index in [9.17, 15) is 4.79 Å². The summed E-state index contributed by atoms with van der Waals surface area (Å²) in [6, 6.07) is 0. The van der Waals surface area contributed by atoms with Crippen molar-refractivity contribution >= 4 is 5.97 Å². The molecule has 0 fully saturated rings. The molecule has 1 aromatic rings. The maximum Gasteiger partial charge on any atom is 0.305 e. The van der Waals surface area contributed by atoms with Crippen LogP contribution in [0, 0.1) is 0 Å². The molecule has 108 valence electrons. The van der Waals surface area contributed by atoms with E-state index in [1.165, 1.54) is 0 Å². The number of esters is 1. The van der Waals surface area contributed by atoms with Gasteiger partial charge in [0.15, 0.2) is 0 Å². The highest BCUT2D eigenvalue weighted by Crippen LogP contribution is 2.02. The Labute approximate surface area is 114 Å². The number of hydrogen-bond acceptors (Lipinski definition) is 5. The van der Waals surface area contributed by atoms with E-state index in [-0.39, 0.29) is 11.5 Å². The fourth-order valence-electron chi connectivity index (χ4n) is 1.40. The van der Waals surface area contributed by atoms with Crippen LogP contribution in [-0.2, 0) is 22.6 Å². The summed E-state index contributed by atoms with van der Waals surface area (Å²) in [5.74, 6) is -0.159. The molecule has 6 heteroatoms. The molecule has 1 aromatic heterocycles. The molecule has 1 heterocycles. The average Bonchev–Trinajstić information content (AvgIpc) is 2.79. The summed E-state index contributed by atoms with van der Waals surface area (Å²) in [7, 11) is 0. The minimum absolute atomic E-state index is 0.0676. The maximum absolute atomic E-state index is 10.9. The van der Waals surface area contributed by atoms with E-state index >= 15 is 0 Å². The van der Waals surface area contributed by atoms with Gasteiger partial charge < -0.3 is 10.1 Å². The number of carbonyl (C=O) groups excluding carboxylic acids is 1. The van der Waals surface area contributed by atoms with Gasteiger partial charge in [-0.3, -0.25) is 9.48 Å². The number of nitrogens with one attached hydrogen (secondary N) is 1. The van der Waals surface area contributed by atoms with Gasteiger partial charge in [-0.25, -0.2) is 0 Å². The first kappa shape index (κ1) is 15.6. The molecule has 0 bridgehead atoms. The molecule has 6 nitrogen and oxygen atoms in total. The van der Waals surface area contributed by atoms with E-state index < -0.39 is 0 Å². The number of rotatable bonds is 7. The molecule has 1 rings (SSSR count). The van der Waals surface area contributed by atoms with Crippen molar-refractivity contribution in [3.8, 4) is 0 Å². The Kier molecular flexibility index (Phi) is 5.95. The largest absolute Gasteiger partial charge is 0.466 e. The fourth-order valence-corrected chi connectivity index (χ4v) is 1.40. The van der Waals surface area contributed by atoms with E-state index in [1.54, 1.807) is 11.6 Å². The molecule has 0 spiro atoms. The molecule has 0 aliphatic rings. The lowest BCUT2D eigenvalue weighted by Crippen LogP contribution is -2.35. The van der Waals surface area contributed by atoms with Gasteiger partial charge in [0.25, 0.3) is 0 Å². The van der Waals surface area contributed by atoms with Gasteiger partial charge >= 0.3 is 5.97 Å². The summed E-state index contributed by atoms with van der Waals surface area (Å²) in [6.45, 7) is 9.96. The Morgan fingerprint density at radius 2 is 2.21 bits per heavy atom. The molecule has 0 saturated carbocycles. The topological polar surface area (TPSA) is 69.0 Å². The highest BCUT2D eigenvalue weighted by atomic mass is 16.5. The number of aryl methyl sites for hydroxylation is 1. The van der Waals surface area contributed by atoms with E-state index in [1.807, 2.05) is 6.20 Å². The molecule has 0 aromatic carbocycles. The molecular weight excluding hydrogens is 244 g/mol. The first-order chi connectivity index (χ1) is 8.90. The van der Waals surface area contributed by atoms with Gasteiger partial charge in [0.1, 0.15) is 0 Å². The lowest BCUT2D eigenvalue weighted by molar-refractivity contribution is -0.143. The van der Waals surface area contributed by atoms with Crippen LogP contribution in [0.25, 0.3) is 0 Å². The molecule has 0 unspecified atom stereocenters. The van der Waals surface area contributed by atoms with Gasteiger partial charge in [0.2, 0.25) is 0 Å². The van der Waals surface area contributed by atoms with E-state index in [4.69, 9.17) is 4.74 Å². The zero-order valence-electron chi connectivity index (χ0n) is 12.3. The number of ether oxygens (including phenoxy) is 1. The normalized spacial score (nSPS) is 11.6. The number of nitrogens with zero attached hydrogens (tertiary/aromatic N) is 3. The van der Waals surface area contributed by atoms with Crippen molar-refractivity contribution < 1.29 is 9.53 Å². The van der Waals surface area contributed by atoms with Gasteiger partial charge in [-0.15, -0.1) is 5.10 Å². The standard InChI is InChI=1S/C13H24N4O2/c1-5-12(18)19-8-6-7-17-10-11(15-16-17)9-14-13(2,3)4/h10,14H,5-9H2,1-4H3. The molecule has 19 heavy (non-hydrogen) atoms. The average molecular weight is 268 g/mol. The molecule has 0 amide bonds. The maximum atomic E-state index is 10.9. The third-order valence-electron chi connectivity index (χ3n) is 2.47. The predicted octanol–water partition coefficient (Wildman–Crippen LogP) is 1.51. The van der Waals surface area contributed by atoms with Crippen LogP contribution >= 0.6 is 0 Å². The second-order valence-electron chi connectivity index (χ2n) is 5.50. The minimum atomic E-state index is -0.159. The van der Waals surface area contributed by atoms with Gasteiger partial charge in [0, 0.05) is 37.7 Å². The summed E-state index contributed by atoms with van der Waals surface area (Å²) in [6.07, 6.45) is 3.09. The Balaban J connectivity index is 2.25. The molecule has 0 saturated heterocycles. The monoisotopic (exact) mass is 268 g/mol. The minimum Gasteiger partial charge on any atom is -0.466 e. The Morgan fingerprint density at radius 1 is 1.47 bits per heavy atom. The lowest BCUT2D eigenvalue weighted by atomic mass is 10.1. The van der Waals surface area contributed by atoms with Gasteiger partial charge in [-0.05, 0) is 20.8 Å². The highest BCUT2D eigenvalue weighted by molar-refractivity contribution is 5.68. The van der Waals surface area contributed by atoms with Crippen LogP contribution in [0.4, 0.5) is 0 Å². The molecule has 0 atom stereocenters. The molecular formula is C13H24N4O2. The van der Waals surface area contributed by atoms with Crippen LogP contribution in [0.15, 0.2) is 6.20 Å². The van der Waals surface area contributed by atoms with E-state index in [2.05, 4.69) is 36.4 Å². The molecule has 1 N–H and O–H groups in total. The van der Waals surface area contributed by atoms with Gasteiger partial charge in [0.05, 0.1) is 12.3 Å². The van der Waals surface area contributed by atoms with E-state index in [0.717, 1.165) is 12.1 Å². The van der Waals surface area contributed by atoms with Crippen LogP contribution < -0.4 is 5.32 Å². The SMILES string of the molecule is CCC(=O)OCCCn1cc(CNC(C)(C)C)nn1. The summed E-state index contributed by atoms with van der Waals surface area (Å²) < 4.78 is 6.78. The van der Waals surface area contributed by atoms with Crippen molar-refractivity contribution in [1.29, 1.82) is 0 Å². The molecule has 0 radical (unpaired) electrons. The van der Waals surface area contributed by atoms with Crippen molar-refractivity contribution in [2.24, 2.45) is 0 Å². The Hall–Kier alpha value is -1.43. The lowest BCUT2D eigenvalue weighted by Gasteiger charge is -2.19. The number of carbonyl (C=O) groups is 1. The summed E-state index contributed by atoms with van der Waals surface area (Å²) in [5.41, 5.74) is 0.985.